The number of nitrogens with one attached hydrogen (secondary N) is 3. The fourth-order valence-corrected chi connectivity index (χ4v) is 2.58. The fraction of sp³-hybridized carbons (Fsp3) is 0.278. The van der Waals surface area contributed by atoms with Crippen molar-refractivity contribution in [2.75, 3.05) is 30.3 Å². The Morgan fingerprint density at radius 3 is 2.68 bits per heavy atom. The van der Waals surface area contributed by atoms with E-state index in [1.54, 1.807) is 0 Å². The first kappa shape index (κ1) is 16.8. The molecule has 0 atom stereocenters. The van der Waals surface area contributed by atoms with Crippen LogP contribution in [-0.4, -0.2) is 39.9 Å². The number of anilines is 2. The molecule has 7 nitrogen and oxygen atoms in total. The normalized spacial score (nSPS) is 10.6. The quantitative estimate of drug-likeness (QED) is 0.576. The summed E-state index contributed by atoms with van der Waals surface area (Å²) >= 11 is 0. The summed E-state index contributed by atoms with van der Waals surface area (Å²) in [5.41, 5.74) is 1.65. The largest absolute Gasteiger partial charge is 0.370 e. The van der Waals surface area contributed by atoms with Crippen molar-refractivity contribution in [3.8, 4) is 0 Å². The molecular weight excluding hydrogens is 316 g/mol. The lowest BCUT2D eigenvalue weighted by molar-refractivity contribution is 0.0955. The van der Waals surface area contributed by atoms with Gasteiger partial charge >= 0.3 is 0 Å². The van der Waals surface area contributed by atoms with Gasteiger partial charge in [-0.15, -0.1) is 0 Å². The first-order chi connectivity index (χ1) is 12.2. The van der Waals surface area contributed by atoms with Crippen LogP contribution >= 0.6 is 0 Å². The van der Waals surface area contributed by atoms with Gasteiger partial charge in [-0.1, -0.05) is 6.07 Å². The molecule has 130 valence electrons. The monoisotopic (exact) mass is 338 g/mol. The molecule has 25 heavy (non-hydrogen) atoms. The van der Waals surface area contributed by atoms with Crippen molar-refractivity contribution in [3.63, 3.8) is 0 Å². The third-order valence-corrected chi connectivity index (χ3v) is 3.68. The average molecular weight is 338 g/mol. The van der Waals surface area contributed by atoms with Gasteiger partial charge in [0.2, 0.25) is 0 Å². The lowest BCUT2D eigenvalue weighted by Crippen LogP contribution is -2.28. The van der Waals surface area contributed by atoms with Crippen LogP contribution in [0.2, 0.25) is 0 Å². The highest BCUT2D eigenvalue weighted by molar-refractivity contribution is 5.95. The maximum absolute atomic E-state index is 12.2. The molecule has 0 spiro atoms. The number of carbonyl (C=O) groups is 1. The van der Waals surface area contributed by atoms with Crippen LogP contribution in [0.1, 0.15) is 23.1 Å². The van der Waals surface area contributed by atoms with Crippen molar-refractivity contribution in [1.82, 2.24) is 19.7 Å². The zero-order valence-corrected chi connectivity index (χ0v) is 14.4. The third-order valence-electron chi connectivity index (χ3n) is 3.68. The summed E-state index contributed by atoms with van der Waals surface area (Å²) in [6, 6.07) is 9.59. The third kappa shape index (κ3) is 4.26. The zero-order valence-electron chi connectivity index (χ0n) is 14.4. The van der Waals surface area contributed by atoms with Gasteiger partial charge in [-0.25, -0.2) is 9.97 Å². The number of aryl methyl sites for hydroxylation is 1. The van der Waals surface area contributed by atoms with E-state index in [1.807, 2.05) is 61.0 Å². The van der Waals surface area contributed by atoms with Gasteiger partial charge in [0.25, 0.3) is 5.91 Å². The summed E-state index contributed by atoms with van der Waals surface area (Å²) in [7, 11) is 0. The van der Waals surface area contributed by atoms with E-state index in [-0.39, 0.29) is 5.91 Å². The van der Waals surface area contributed by atoms with Crippen LogP contribution in [0.15, 0.2) is 42.7 Å². The molecule has 0 fully saturated rings. The molecule has 0 radical (unpaired) electrons. The summed E-state index contributed by atoms with van der Waals surface area (Å²) in [6.07, 6.45) is 3.75. The molecule has 3 N–H and O–H groups in total. The number of pyridine rings is 1. The van der Waals surface area contributed by atoms with Gasteiger partial charge in [-0.05, 0) is 32.0 Å². The zero-order chi connectivity index (χ0) is 17.6. The smallest absolute Gasteiger partial charge is 0.252 e. The SMILES string of the molecule is CCNc1cc(NCCNC(=O)c2cc3ccccn3c2)nc(C)n1. The number of rotatable bonds is 7. The van der Waals surface area contributed by atoms with Crippen LogP contribution in [-0.2, 0) is 0 Å². The van der Waals surface area contributed by atoms with E-state index < -0.39 is 0 Å². The highest BCUT2D eigenvalue weighted by Gasteiger charge is 2.08. The Kier molecular flexibility index (Phi) is 5.13. The lowest BCUT2D eigenvalue weighted by atomic mass is 10.3. The number of amides is 1. The first-order valence-electron chi connectivity index (χ1n) is 8.34. The topological polar surface area (TPSA) is 83.3 Å². The summed E-state index contributed by atoms with van der Waals surface area (Å²) in [6.45, 7) is 5.76. The van der Waals surface area contributed by atoms with Crippen molar-refractivity contribution in [2.45, 2.75) is 13.8 Å². The lowest BCUT2D eigenvalue weighted by Gasteiger charge is -2.09. The molecule has 3 aromatic heterocycles. The molecule has 0 unspecified atom stereocenters. The molecule has 0 aliphatic rings. The van der Waals surface area contributed by atoms with Crippen LogP contribution in [0.5, 0.6) is 0 Å². The highest BCUT2D eigenvalue weighted by Crippen LogP contribution is 2.11. The molecule has 0 aliphatic heterocycles. The Labute approximate surface area is 146 Å². The standard InChI is InChI=1S/C18H22N6O/c1-3-19-16-11-17(23-13(2)22-16)20-7-8-21-18(25)14-10-15-6-4-5-9-24(15)12-14/h4-6,9-12H,3,7-8H2,1-2H3,(H,21,25)(H2,19,20,22,23). The maximum atomic E-state index is 12.2. The molecule has 0 saturated heterocycles. The van der Waals surface area contributed by atoms with E-state index in [1.165, 1.54) is 0 Å². The fourth-order valence-electron chi connectivity index (χ4n) is 2.58. The molecular formula is C18H22N6O. The molecule has 7 heteroatoms. The Hall–Kier alpha value is -3.09. The van der Waals surface area contributed by atoms with E-state index in [9.17, 15) is 4.79 Å². The number of aromatic nitrogens is 3. The second kappa shape index (κ2) is 7.65. The van der Waals surface area contributed by atoms with Crippen LogP contribution in [0.4, 0.5) is 11.6 Å². The van der Waals surface area contributed by atoms with E-state index in [0.717, 1.165) is 23.7 Å². The van der Waals surface area contributed by atoms with Crippen LogP contribution in [0.3, 0.4) is 0 Å². The Bertz CT molecular complexity index is 840. The molecule has 3 rings (SSSR count). The molecule has 0 aliphatic carbocycles. The molecule has 0 aromatic carbocycles. The van der Waals surface area contributed by atoms with Crippen LogP contribution in [0, 0.1) is 6.92 Å². The second-order valence-electron chi connectivity index (χ2n) is 5.66. The number of fused-ring (bicyclic) bond motifs is 1. The van der Waals surface area contributed by atoms with Crippen molar-refractivity contribution in [3.05, 3.63) is 54.1 Å². The van der Waals surface area contributed by atoms with E-state index in [0.29, 0.717) is 24.5 Å². The minimum atomic E-state index is -0.0855. The van der Waals surface area contributed by atoms with Gasteiger partial charge in [0, 0.05) is 43.6 Å². The maximum Gasteiger partial charge on any atom is 0.252 e. The predicted molar refractivity (Wildman–Crippen MR) is 99.2 cm³/mol. The number of hydrogen-bond acceptors (Lipinski definition) is 5. The van der Waals surface area contributed by atoms with E-state index in [4.69, 9.17) is 0 Å². The van der Waals surface area contributed by atoms with Crippen molar-refractivity contribution in [1.29, 1.82) is 0 Å². The van der Waals surface area contributed by atoms with Gasteiger partial charge in [-0.2, -0.15) is 0 Å². The Morgan fingerprint density at radius 2 is 1.92 bits per heavy atom. The van der Waals surface area contributed by atoms with Crippen molar-refractivity contribution < 1.29 is 4.79 Å². The van der Waals surface area contributed by atoms with Gasteiger partial charge in [0.15, 0.2) is 0 Å². The van der Waals surface area contributed by atoms with Gasteiger partial charge in [-0.3, -0.25) is 4.79 Å². The molecule has 3 aromatic rings. The summed E-state index contributed by atoms with van der Waals surface area (Å²) < 4.78 is 1.93. The van der Waals surface area contributed by atoms with Crippen molar-refractivity contribution >= 4 is 23.1 Å². The van der Waals surface area contributed by atoms with Gasteiger partial charge in [0.1, 0.15) is 17.5 Å². The van der Waals surface area contributed by atoms with E-state index in [2.05, 4.69) is 25.9 Å². The molecule has 1 amide bonds. The average Bonchev–Trinajstić information content (AvgIpc) is 3.02. The predicted octanol–water partition coefficient (Wildman–Crippen LogP) is 2.31. The minimum Gasteiger partial charge on any atom is -0.370 e. The second-order valence-corrected chi connectivity index (χ2v) is 5.66. The summed E-state index contributed by atoms with van der Waals surface area (Å²) in [5.74, 6) is 2.15. The van der Waals surface area contributed by atoms with Gasteiger partial charge in [0.05, 0.1) is 5.56 Å². The van der Waals surface area contributed by atoms with Gasteiger partial charge < -0.3 is 20.4 Å². The summed E-state index contributed by atoms with van der Waals surface area (Å²) in [5, 5.41) is 9.29. The van der Waals surface area contributed by atoms with Crippen LogP contribution in [0.25, 0.3) is 5.52 Å². The summed E-state index contributed by atoms with van der Waals surface area (Å²) in [4.78, 5) is 20.9. The first-order valence-corrected chi connectivity index (χ1v) is 8.34. The number of nitrogens with zero attached hydrogens (tertiary/aromatic N) is 3. The molecule has 0 bridgehead atoms. The van der Waals surface area contributed by atoms with Crippen molar-refractivity contribution in [2.24, 2.45) is 0 Å². The molecule has 3 heterocycles. The Balaban J connectivity index is 1.52. The minimum absolute atomic E-state index is 0.0855. The van der Waals surface area contributed by atoms with Crippen LogP contribution < -0.4 is 16.0 Å². The highest BCUT2D eigenvalue weighted by atomic mass is 16.1. The number of carbonyl (C=O) groups excluding carboxylic acids is 1. The van der Waals surface area contributed by atoms with E-state index >= 15 is 0 Å². The molecule has 0 saturated carbocycles. The Morgan fingerprint density at radius 1 is 1.12 bits per heavy atom. The number of hydrogen-bond donors (Lipinski definition) is 3.